The Morgan fingerprint density at radius 1 is 1.16 bits per heavy atom. The fourth-order valence-corrected chi connectivity index (χ4v) is 2.59. The summed E-state index contributed by atoms with van der Waals surface area (Å²) in [5.74, 6) is 0.944. The summed E-state index contributed by atoms with van der Waals surface area (Å²) in [5.41, 5.74) is 0.965. The molecule has 0 aromatic heterocycles. The number of ether oxygens (including phenoxy) is 1. The van der Waals surface area contributed by atoms with Gasteiger partial charge in [0.25, 0.3) is 0 Å². The molecule has 108 valence electrons. The Morgan fingerprint density at radius 2 is 1.79 bits per heavy atom. The molecular weight excluding hydrogens is 264 g/mol. The highest BCUT2D eigenvalue weighted by atomic mass is 32.2. The number of anilines is 1. The zero-order valence-corrected chi connectivity index (χ0v) is 12.8. The van der Waals surface area contributed by atoms with Crippen molar-refractivity contribution < 1.29 is 13.2 Å². The summed E-state index contributed by atoms with van der Waals surface area (Å²) in [6, 6.07) is 7.69. The van der Waals surface area contributed by atoms with Crippen molar-refractivity contribution in [3.05, 3.63) is 24.3 Å². The highest BCUT2D eigenvalue weighted by Gasteiger charge is 2.14. The molecule has 0 unspecified atom stereocenters. The molecule has 0 bridgehead atoms. The molecule has 0 fully saturated rings. The number of methoxy groups -OCH3 is 1. The van der Waals surface area contributed by atoms with Gasteiger partial charge in [-0.15, -0.1) is 0 Å². The van der Waals surface area contributed by atoms with E-state index in [0.717, 1.165) is 11.4 Å². The van der Waals surface area contributed by atoms with Crippen molar-refractivity contribution >= 4 is 15.7 Å². The molecule has 0 radical (unpaired) electrons. The Hall–Kier alpha value is -1.27. The van der Waals surface area contributed by atoms with Gasteiger partial charge in [-0.05, 0) is 18.6 Å². The van der Waals surface area contributed by atoms with E-state index in [1.165, 1.54) is 4.31 Å². The Morgan fingerprint density at radius 3 is 2.37 bits per heavy atom. The summed E-state index contributed by atoms with van der Waals surface area (Å²) in [5, 5.41) is 0. The number of hydrogen-bond acceptors (Lipinski definition) is 4. The molecule has 0 aliphatic rings. The van der Waals surface area contributed by atoms with Gasteiger partial charge in [-0.25, -0.2) is 12.7 Å². The molecule has 19 heavy (non-hydrogen) atoms. The van der Waals surface area contributed by atoms with E-state index < -0.39 is 10.0 Å². The van der Waals surface area contributed by atoms with E-state index >= 15 is 0 Å². The third-order valence-electron chi connectivity index (χ3n) is 2.95. The largest absolute Gasteiger partial charge is 0.495 e. The van der Waals surface area contributed by atoms with Gasteiger partial charge in [-0.3, -0.25) is 0 Å². The summed E-state index contributed by atoms with van der Waals surface area (Å²) in [6.07, 6.45) is 0.578. The average molecular weight is 286 g/mol. The van der Waals surface area contributed by atoms with Gasteiger partial charge in [0.05, 0.1) is 18.6 Å². The zero-order chi connectivity index (χ0) is 14.5. The number of nitrogens with zero attached hydrogens (tertiary/aromatic N) is 2. The van der Waals surface area contributed by atoms with E-state index in [2.05, 4.69) is 0 Å². The monoisotopic (exact) mass is 286 g/mol. The molecule has 0 amide bonds. The summed E-state index contributed by atoms with van der Waals surface area (Å²) in [6.45, 7) is 0.660. The lowest BCUT2D eigenvalue weighted by Crippen LogP contribution is -2.28. The molecule has 0 heterocycles. The van der Waals surface area contributed by atoms with Gasteiger partial charge in [0, 0.05) is 27.7 Å². The average Bonchev–Trinajstić information content (AvgIpc) is 2.38. The molecule has 0 spiro atoms. The second-order valence-corrected chi connectivity index (χ2v) is 6.85. The molecule has 1 rings (SSSR count). The number of benzene rings is 1. The van der Waals surface area contributed by atoms with Gasteiger partial charge in [-0.2, -0.15) is 0 Å². The summed E-state index contributed by atoms with van der Waals surface area (Å²) in [7, 11) is 3.55. The van der Waals surface area contributed by atoms with Crippen LogP contribution in [-0.4, -0.2) is 53.3 Å². The summed E-state index contributed by atoms with van der Waals surface area (Å²) >= 11 is 0. The Balaban J connectivity index is 2.59. The van der Waals surface area contributed by atoms with Gasteiger partial charge >= 0.3 is 0 Å². The second-order valence-electron chi connectivity index (χ2n) is 4.55. The lowest BCUT2D eigenvalue weighted by Gasteiger charge is -2.22. The maximum Gasteiger partial charge on any atom is 0.213 e. The topological polar surface area (TPSA) is 49.9 Å². The highest BCUT2D eigenvalue weighted by Crippen LogP contribution is 2.26. The van der Waals surface area contributed by atoms with E-state index in [4.69, 9.17) is 4.74 Å². The van der Waals surface area contributed by atoms with Gasteiger partial charge in [0.15, 0.2) is 0 Å². The van der Waals surface area contributed by atoms with Crippen LogP contribution in [-0.2, 0) is 10.0 Å². The molecule has 6 heteroatoms. The van der Waals surface area contributed by atoms with Gasteiger partial charge < -0.3 is 9.64 Å². The fraction of sp³-hybridized carbons (Fsp3) is 0.538. The first kappa shape index (κ1) is 15.8. The van der Waals surface area contributed by atoms with Crippen LogP contribution >= 0.6 is 0 Å². The van der Waals surface area contributed by atoms with Crippen LogP contribution in [0.1, 0.15) is 6.42 Å². The maximum atomic E-state index is 11.7. The second kappa shape index (κ2) is 6.77. The fourth-order valence-electron chi connectivity index (χ4n) is 1.73. The predicted molar refractivity (Wildman–Crippen MR) is 78.4 cm³/mol. The van der Waals surface area contributed by atoms with Crippen molar-refractivity contribution in [2.45, 2.75) is 6.42 Å². The molecular formula is C13H22N2O3S. The molecule has 0 N–H and O–H groups in total. The normalized spacial score (nSPS) is 11.6. The van der Waals surface area contributed by atoms with E-state index in [-0.39, 0.29) is 5.75 Å². The van der Waals surface area contributed by atoms with Crippen molar-refractivity contribution in [1.82, 2.24) is 4.31 Å². The van der Waals surface area contributed by atoms with Crippen molar-refractivity contribution in [3.8, 4) is 5.75 Å². The molecule has 0 aliphatic carbocycles. The first-order valence-electron chi connectivity index (χ1n) is 6.13. The molecule has 1 aromatic rings. The minimum absolute atomic E-state index is 0.152. The lowest BCUT2D eigenvalue weighted by atomic mass is 10.2. The van der Waals surface area contributed by atoms with Gasteiger partial charge in [0.2, 0.25) is 10.0 Å². The predicted octanol–water partition coefficient (Wildman–Crippen LogP) is 1.41. The number of hydrogen-bond donors (Lipinski definition) is 0. The van der Waals surface area contributed by atoms with Gasteiger partial charge in [0.1, 0.15) is 5.75 Å². The molecule has 0 aliphatic heterocycles. The third-order valence-corrected chi connectivity index (χ3v) is 4.87. The number of para-hydroxylation sites is 2. The van der Waals surface area contributed by atoms with Crippen LogP contribution in [0.2, 0.25) is 0 Å². The minimum atomic E-state index is -3.12. The lowest BCUT2D eigenvalue weighted by molar-refractivity contribution is 0.415. The molecule has 5 nitrogen and oxygen atoms in total. The molecule has 0 saturated carbocycles. The van der Waals surface area contributed by atoms with E-state index in [1.807, 2.05) is 36.2 Å². The van der Waals surface area contributed by atoms with E-state index in [0.29, 0.717) is 13.0 Å². The van der Waals surface area contributed by atoms with Crippen LogP contribution in [0.3, 0.4) is 0 Å². The van der Waals surface area contributed by atoms with Gasteiger partial charge in [-0.1, -0.05) is 12.1 Å². The van der Waals surface area contributed by atoms with Crippen LogP contribution in [0, 0.1) is 0 Å². The Kier molecular flexibility index (Phi) is 5.62. The van der Waals surface area contributed by atoms with Crippen molar-refractivity contribution in [3.63, 3.8) is 0 Å². The molecule has 1 aromatic carbocycles. The third kappa shape index (κ3) is 4.40. The molecule has 0 saturated heterocycles. The van der Waals surface area contributed by atoms with Crippen molar-refractivity contribution in [2.75, 3.05) is 45.5 Å². The van der Waals surface area contributed by atoms with E-state index in [9.17, 15) is 8.42 Å². The van der Waals surface area contributed by atoms with E-state index in [1.54, 1.807) is 21.2 Å². The van der Waals surface area contributed by atoms with Crippen LogP contribution in [0.25, 0.3) is 0 Å². The first-order valence-corrected chi connectivity index (χ1v) is 7.73. The van der Waals surface area contributed by atoms with Crippen LogP contribution in [0.15, 0.2) is 24.3 Å². The summed E-state index contributed by atoms with van der Waals surface area (Å²) < 4.78 is 29.9. The van der Waals surface area contributed by atoms with Crippen LogP contribution in [0.4, 0.5) is 5.69 Å². The van der Waals surface area contributed by atoms with Crippen molar-refractivity contribution in [2.24, 2.45) is 0 Å². The highest BCUT2D eigenvalue weighted by molar-refractivity contribution is 7.89. The zero-order valence-electron chi connectivity index (χ0n) is 12.0. The van der Waals surface area contributed by atoms with Crippen LogP contribution < -0.4 is 9.64 Å². The number of rotatable bonds is 7. The standard InChI is InChI=1S/C13H22N2O3S/c1-14(2)19(16,17)11-7-10-15(3)12-8-5-6-9-13(12)18-4/h5-6,8-9H,7,10-11H2,1-4H3. The molecule has 0 atom stereocenters. The minimum Gasteiger partial charge on any atom is -0.495 e. The summed E-state index contributed by atoms with van der Waals surface area (Å²) in [4.78, 5) is 2.00. The van der Waals surface area contributed by atoms with Crippen molar-refractivity contribution in [1.29, 1.82) is 0 Å². The Labute approximate surface area is 115 Å². The smallest absolute Gasteiger partial charge is 0.213 e. The van der Waals surface area contributed by atoms with Crippen LogP contribution in [0.5, 0.6) is 5.75 Å². The maximum absolute atomic E-state index is 11.7. The first-order chi connectivity index (χ1) is 8.88. The number of sulfonamides is 1. The Bertz CT molecular complexity index is 500. The quantitative estimate of drug-likeness (QED) is 0.760. The SMILES string of the molecule is COc1ccccc1N(C)CCCS(=O)(=O)N(C)C.